The van der Waals surface area contributed by atoms with Crippen molar-refractivity contribution in [1.29, 1.82) is 0 Å². The highest BCUT2D eigenvalue weighted by Gasteiger charge is 2.26. The Morgan fingerprint density at radius 1 is 1.10 bits per heavy atom. The van der Waals surface area contributed by atoms with Crippen LogP contribution < -0.4 is 5.32 Å². The molecule has 2 aromatic carbocycles. The van der Waals surface area contributed by atoms with Gasteiger partial charge < -0.3 is 15.2 Å². The second-order valence-electron chi connectivity index (χ2n) is 8.77. The van der Waals surface area contributed by atoms with Crippen LogP contribution in [0.2, 0.25) is 0 Å². The molecule has 0 saturated carbocycles. The van der Waals surface area contributed by atoms with Crippen molar-refractivity contribution in [3.05, 3.63) is 65.4 Å². The molecule has 156 valence electrons. The first kappa shape index (κ1) is 20.2. The number of hydrogen-bond acceptors (Lipinski definition) is 2. The smallest absolute Gasteiger partial charge is 0.253 e. The number of aryl methyl sites for hydroxylation is 1. The van der Waals surface area contributed by atoms with Gasteiger partial charge in [0.2, 0.25) is 5.91 Å². The lowest BCUT2D eigenvalue weighted by Gasteiger charge is -2.35. The number of fused-ring (bicyclic) bond motifs is 1. The number of likely N-dealkylation sites (tertiary alicyclic amines) is 1. The molecular formula is C25H29N3O2. The first-order chi connectivity index (χ1) is 14.4. The van der Waals surface area contributed by atoms with Crippen LogP contribution in [0, 0.1) is 18.8 Å². The van der Waals surface area contributed by atoms with Crippen molar-refractivity contribution in [1.82, 2.24) is 9.88 Å². The van der Waals surface area contributed by atoms with Crippen LogP contribution in [0.3, 0.4) is 0 Å². The maximum absolute atomic E-state index is 13.1. The van der Waals surface area contributed by atoms with Gasteiger partial charge in [0.25, 0.3) is 5.91 Å². The summed E-state index contributed by atoms with van der Waals surface area (Å²) in [6, 6.07) is 13.5. The minimum absolute atomic E-state index is 0.0422. The van der Waals surface area contributed by atoms with Gasteiger partial charge in [0, 0.05) is 41.4 Å². The van der Waals surface area contributed by atoms with Gasteiger partial charge in [-0.1, -0.05) is 38.1 Å². The van der Waals surface area contributed by atoms with Crippen LogP contribution >= 0.6 is 0 Å². The first-order valence-corrected chi connectivity index (χ1v) is 10.7. The molecule has 1 aliphatic heterocycles. The molecule has 1 aromatic heterocycles. The standard InChI is InChI=1S/C25H29N3O2/c1-16-10-17(2)15-28(14-16)25(30)19-9-8-18(3)23(11-19)27-24(29)12-20-13-26-22-7-5-4-6-21(20)22/h4-9,11,13,16-17,26H,10,12,14-15H2,1-3H3,(H,27,29). The van der Waals surface area contributed by atoms with Gasteiger partial charge in [0.15, 0.2) is 0 Å². The second-order valence-corrected chi connectivity index (χ2v) is 8.77. The molecule has 2 amide bonds. The zero-order chi connectivity index (χ0) is 21.3. The average molecular weight is 404 g/mol. The average Bonchev–Trinajstić information content (AvgIpc) is 3.11. The Balaban J connectivity index is 1.49. The third-order valence-electron chi connectivity index (χ3n) is 5.94. The predicted octanol–water partition coefficient (Wildman–Crippen LogP) is 4.78. The molecule has 5 nitrogen and oxygen atoms in total. The van der Waals surface area contributed by atoms with Gasteiger partial charge in [-0.05, 0) is 54.5 Å². The third-order valence-corrected chi connectivity index (χ3v) is 5.94. The van der Waals surface area contributed by atoms with Crippen LogP contribution in [0.15, 0.2) is 48.7 Å². The fourth-order valence-corrected chi connectivity index (χ4v) is 4.55. The molecule has 0 spiro atoms. The fourth-order valence-electron chi connectivity index (χ4n) is 4.55. The second kappa shape index (κ2) is 8.34. The van der Waals surface area contributed by atoms with Crippen LogP contribution in [0.5, 0.6) is 0 Å². The highest BCUT2D eigenvalue weighted by atomic mass is 16.2. The molecule has 4 rings (SSSR count). The quantitative estimate of drug-likeness (QED) is 0.659. The Hall–Kier alpha value is -3.08. The van der Waals surface area contributed by atoms with Gasteiger partial charge in [-0.25, -0.2) is 0 Å². The Kier molecular flexibility index (Phi) is 5.62. The van der Waals surface area contributed by atoms with Gasteiger partial charge >= 0.3 is 0 Å². The van der Waals surface area contributed by atoms with E-state index >= 15 is 0 Å². The third kappa shape index (κ3) is 4.25. The molecule has 1 saturated heterocycles. The zero-order valence-electron chi connectivity index (χ0n) is 17.9. The highest BCUT2D eigenvalue weighted by Crippen LogP contribution is 2.25. The molecule has 5 heteroatoms. The van der Waals surface area contributed by atoms with E-state index in [1.807, 2.05) is 60.5 Å². The minimum Gasteiger partial charge on any atom is -0.361 e. The number of amides is 2. The van der Waals surface area contributed by atoms with E-state index in [-0.39, 0.29) is 18.2 Å². The van der Waals surface area contributed by atoms with E-state index in [0.717, 1.165) is 41.5 Å². The normalized spacial score (nSPS) is 19.1. The molecule has 0 radical (unpaired) electrons. The van der Waals surface area contributed by atoms with Gasteiger partial charge in [-0.2, -0.15) is 0 Å². The summed E-state index contributed by atoms with van der Waals surface area (Å²) in [6.07, 6.45) is 3.32. The Morgan fingerprint density at radius 2 is 1.83 bits per heavy atom. The Bertz CT molecular complexity index is 1070. The lowest BCUT2D eigenvalue weighted by molar-refractivity contribution is -0.115. The lowest BCUT2D eigenvalue weighted by Crippen LogP contribution is -2.42. The van der Waals surface area contributed by atoms with Gasteiger partial charge in [0.1, 0.15) is 0 Å². The van der Waals surface area contributed by atoms with Gasteiger partial charge in [-0.3, -0.25) is 9.59 Å². The number of piperidine rings is 1. The summed E-state index contributed by atoms with van der Waals surface area (Å²) in [7, 11) is 0. The van der Waals surface area contributed by atoms with Crippen molar-refractivity contribution in [2.75, 3.05) is 18.4 Å². The molecule has 1 fully saturated rings. The number of nitrogens with one attached hydrogen (secondary N) is 2. The number of aromatic amines is 1. The number of hydrogen-bond donors (Lipinski definition) is 2. The summed E-state index contributed by atoms with van der Waals surface area (Å²) in [6.45, 7) is 7.92. The molecule has 30 heavy (non-hydrogen) atoms. The number of rotatable bonds is 4. The molecule has 2 heterocycles. The van der Waals surface area contributed by atoms with E-state index < -0.39 is 0 Å². The van der Waals surface area contributed by atoms with Crippen LogP contribution in [0.25, 0.3) is 10.9 Å². The van der Waals surface area contributed by atoms with Crippen molar-refractivity contribution >= 4 is 28.4 Å². The zero-order valence-corrected chi connectivity index (χ0v) is 17.9. The molecular weight excluding hydrogens is 374 g/mol. The van der Waals surface area contributed by atoms with E-state index in [1.54, 1.807) is 0 Å². The fraction of sp³-hybridized carbons (Fsp3) is 0.360. The number of carbonyl (C=O) groups is 2. The first-order valence-electron chi connectivity index (χ1n) is 10.7. The minimum atomic E-state index is -0.0901. The highest BCUT2D eigenvalue weighted by molar-refractivity contribution is 5.99. The van der Waals surface area contributed by atoms with Crippen LogP contribution in [0.1, 0.15) is 41.8 Å². The summed E-state index contributed by atoms with van der Waals surface area (Å²) >= 11 is 0. The topological polar surface area (TPSA) is 65.2 Å². The van der Waals surface area contributed by atoms with E-state index in [9.17, 15) is 9.59 Å². The maximum Gasteiger partial charge on any atom is 0.253 e. The maximum atomic E-state index is 13.1. The molecule has 0 aliphatic carbocycles. The van der Waals surface area contributed by atoms with E-state index in [0.29, 0.717) is 23.1 Å². The molecule has 2 unspecified atom stereocenters. The summed E-state index contributed by atoms with van der Waals surface area (Å²) < 4.78 is 0. The van der Waals surface area contributed by atoms with E-state index in [4.69, 9.17) is 0 Å². The Labute approximate surface area is 177 Å². The monoisotopic (exact) mass is 403 g/mol. The van der Waals surface area contributed by atoms with Crippen molar-refractivity contribution in [3.63, 3.8) is 0 Å². The van der Waals surface area contributed by atoms with E-state index in [2.05, 4.69) is 24.1 Å². The van der Waals surface area contributed by atoms with Gasteiger partial charge in [-0.15, -0.1) is 0 Å². The summed E-state index contributed by atoms with van der Waals surface area (Å²) in [5.41, 5.74) is 4.26. The summed E-state index contributed by atoms with van der Waals surface area (Å²) in [5.74, 6) is 0.977. The number of H-pyrrole nitrogens is 1. The van der Waals surface area contributed by atoms with Crippen molar-refractivity contribution in [2.45, 2.75) is 33.6 Å². The lowest BCUT2D eigenvalue weighted by atomic mass is 9.91. The number of anilines is 1. The molecule has 0 bridgehead atoms. The van der Waals surface area contributed by atoms with Crippen molar-refractivity contribution < 1.29 is 9.59 Å². The number of para-hydroxylation sites is 1. The van der Waals surface area contributed by atoms with Crippen LogP contribution in [0.4, 0.5) is 5.69 Å². The summed E-state index contributed by atoms with van der Waals surface area (Å²) in [4.78, 5) is 30.9. The Morgan fingerprint density at radius 3 is 2.60 bits per heavy atom. The van der Waals surface area contributed by atoms with Crippen molar-refractivity contribution in [2.24, 2.45) is 11.8 Å². The number of carbonyl (C=O) groups excluding carboxylic acids is 2. The van der Waals surface area contributed by atoms with Gasteiger partial charge in [0.05, 0.1) is 6.42 Å². The number of aromatic nitrogens is 1. The molecule has 3 aromatic rings. The molecule has 1 aliphatic rings. The van der Waals surface area contributed by atoms with Crippen LogP contribution in [-0.4, -0.2) is 34.8 Å². The largest absolute Gasteiger partial charge is 0.361 e. The molecule has 2 N–H and O–H groups in total. The van der Waals surface area contributed by atoms with E-state index in [1.165, 1.54) is 0 Å². The van der Waals surface area contributed by atoms with Crippen molar-refractivity contribution in [3.8, 4) is 0 Å². The summed E-state index contributed by atoms with van der Waals surface area (Å²) in [5, 5.41) is 4.06. The number of nitrogens with zero attached hydrogens (tertiary/aromatic N) is 1. The number of benzene rings is 2. The van der Waals surface area contributed by atoms with Crippen LogP contribution in [-0.2, 0) is 11.2 Å². The molecule has 2 atom stereocenters. The predicted molar refractivity (Wildman–Crippen MR) is 121 cm³/mol. The SMILES string of the molecule is Cc1ccc(C(=O)N2CC(C)CC(C)C2)cc1NC(=O)Cc1c[nH]c2ccccc12.